The Morgan fingerprint density at radius 3 is 3.00 bits per heavy atom. The van der Waals surface area contributed by atoms with Crippen molar-refractivity contribution in [2.24, 2.45) is 0 Å². The van der Waals surface area contributed by atoms with Crippen LogP contribution < -0.4 is 10.1 Å². The van der Waals surface area contributed by atoms with E-state index < -0.39 is 0 Å². The van der Waals surface area contributed by atoms with Crippen LogP contribution in [0, 0.1) is 0 Å². The van der Waals surface area contributed by atoms with Crippen molar-refractivity contribution in [1.29, 1.82) is 0 Å². The highest BCUT2D eigenvalue weighted by molar-refractivity contribution is 5.76. The first-order valence-corrected chi connectivity index (χ1v) is 8.86. The molecule has 0 aliphatic carbocycles. The second-order valence-corrected chi connectivity index (χ2v) is 6.25. The Hall–Kier alpha value is -2.04. The first-order chi connectivity index (χ1) is 11.7. The summed E-state index contributed by atoms with van der Waals surface area (Å²) >= 11 is 0. The van der Waals surface area contributed by atoms with Crippen LogP contribution in [0.3, 0.4) is 0 Å². The van der Waals surface area contributed by atoms with E-state index in [0.29, 0.717) is 25.8 Å². The van der Waals surface area contributed by atoms with Crippen LogP contribution in [-0.4, -0.2) is 43.5 Å². The van der Waals surface area contributed by atoms with Crippen LogP contribution >= 0.6 is 0 Å². The highest BCUT2D eigenvalue weighted by Gasteiger charge is 2.15. The van der Waals surface area contributed by atoms with E-state index in [1.165, 1.54) is 0 Å². The van der Waals surface area contributed by atoms with E-state index in [0.717, 1.165) is 50.1 Å². The summed E-state index contributed by atoms with van der Waals surface area (Å²) in [6, 6.07) is 7.79. The van der Waals surface area contributed by atoms with Crippen LogP contribution in [0.5, 0.6) is 5.75 Å². The van der Waals surface area contributed by atoms with E-state index >= 15 is 0 Å². The zero-order valence-corrected chi connectivity index (χ0v) is 14.6. The van der Waals surface area contributed by atoms with E-state index in [1.54, 1.807) is 7.11 Å². The Morgan fingerprint density at radius 2 is 2.17 bits per heavy atom. The van der Waals surface area contributed by atoms with Gasteiger partial charge in [-0.1, -0.05) is 18.6 Å². The average Bonchev–Trinajstić information content (AvgIpc) is 2.81. The van der Waals surface area contributed by atoms with Gasteiger partial charge in [0.05, 0.1) is 7.11 Å². The standard InChI is InChI=1S/C19H28N2O3/c1-24-17-8-5-7-16(15-17)10-11-18(22)20-12-6-14-21-13-4-2-3-9-19(21)23/h5,7-8,15H,2-4,6,9-14H2,1H3,(H,20,22). The first-order valence-electron chi connectivity index (χ1n) is 8.86. The number of rotatable bonds is 8. The molecule has 1 fully saturated rings. The molecule has 0 spiro atoms. The lowest BCUT2D eigenvalue weighted by Gasteiger charge is -2.20. The van der Waals surface area contributed by atoms with Crippen molar-refractivity contribution in [2.45, 2.75) is 44.9 Å². The van der Waals surface area contributed by atoms with Gasteiger partial charge in [0.1, 0.15) is 5.75 Å². The number of carbonyl (C=O) groups is 2. The van der Waals surface area contributed by atoms with Gasteiger partial charge in [-0.05, 0) is 43.4 Å². The third-order valence-corrected chi connectivity index (χ3v) is 4.37. The number of amides is 2. The fraction of sp³-hybridized carbons (Fsp3) is 0.579. The second-order valence-electron chi connectivity index (χ2n) is 6.25. The van der Waals surface area contributed by atoms with Crippen LogP contribution in [0.15, 0.2) is 24.3 Å². The summed E-state index contributed by atoms with van der Waals surface area (Å²) in [5.74, 6) is 1.13. The maximum Gasteiger partial charge on any atom is 0.222 e. The Kier molecular flexibility index (Phi) is 7.59. The third kappa shape index (κ3) is 6.22. The molecule has 132 valence electrons. The van der Waals surface area contributed by atoms with Crippen molar-refractivity contribution < 1.29 is 14.3 Å². The van der Waals surface area contributed by atoms with E-state index in [4.69, 9.17) is 4.74 Å². The Bertz CT molecular complexity index is 545. The molecule has 0 atom stereocenters. The monoisotopic (exact) mass is 332 g/mol. The summed E-state index contributed by atoms with van der Waals surface area (Å²) < 4.78 is 5.18. The van der Waals surface area contributed by atoms with E-state index in [1.807, 2.05) is 29.2 Å². The summed E-state index contributed by atoms with van der Waals surface area (Å²) in [5.41, 5.74) is 1.10. The zero-order chi connectivity index (χ0) is 17.2. The predicted molar refractivity (Wildman–Crippen MR) is 94.0 cm³/mol. The largest absolute Gasteiger partial charge is 0.497 e. The number of nitrogens with zero attached hydrogens (tertiary/aromatic N) is 1. The van der Waals surface area contributed by atoms with E-state index in [2.05, 4.69) is 5.32 Å². The molecule has 0 saturated carbocycles. The smallest absolute Gasteiger partial charge is 0.222 e. The summed E-state index contributed by atoms with van der Waals surface area (Å²) in [6.07, 6.45) is 5.91. The van der Waals surface area contributed by atoms with Gasteiger partial charge in [-0.3, -0.25) is 9.59 Å². The summed E-state index contributed by atoms with van der Waals surface area (Å²) in [5, 5.41) is 2.94. The number of benzene rings is 1. The highest BCUT2D eigenvalue weighted by Crippen LogP contribution is 2.14. The van der Waals surface area contributed by atoms with Gasteiger partial charge < -0.3 is 15.0 Å². The summed E-state index contributed by atoms with van der Waals surface area (Å²) in [4.78, 5) is 25.7. The van der Waals surface area contributed by atoms with Gasteiger partial charge in [-0.25, -0.2) is 0 Å². The number of aryl methyl sites for hydroxylation is 1. The molecule has 24 heavy (non-hydrogen) atoms. The third-order valence-electron chi connectivity index (χ3n) is 4.37. The molecular formula is C19H28N2O3. The van der Waals surface area contributed by atoms with Gasteiger partial charge in [0.2, 0.25) is 11.8 Å². The van der Waals surface area contributed by atoms with Crippen LogP contribution in [0.2, 0.25) is 0 Å². The minimum absolute atomic E-state index is 0.0556. The molecule has 5 nitrogen and oxygen atoms in total. The number of ether oxygens (including phenoxy) is 1. The molecule has 0 aromatic heterocycles. The zero-order valence-electron chi connectivity index (χ0n) is 14.6. The van der Waals surface area contributed by atoms with Crippen LogP contribution in [0.4, 0.5) is 0 Å². The molecule has 1 aromatic rings. The van der Waals surface area contributed by atoms with Gasteiger partial charge in [-0.2, -0.15) is 0 Å². The molecule has 0 unspecified atom stereocenters. The minimum Gasteiger partial charge on any atom is -0.497 e. The van der Waals surface area contributed by atoms with Gasteiger partial charge >= 0.3 is 0 Å². The molecule has 1 aliphatic heterocycles. The Morgan fingerprint density at radius 1 is 1.29 bits per heavy atom. The van der Waals surface area contributed by atoms with Crippen molar-refractivity contribution in [3.8, 4) is 5.75 Å². The van der Waals surface area contributed by atoms with Crippen LogP contribution in [-0.2, 0) is 16.0 Å². The Labute approximate surface area is 144 Å². The van der Waals surface area contributed by atoms with Crippen molar-refractivity contribution >= 4 is 11.8 Å². The normalized spacial score (nSPS) is 15.0. The van der Waals surface area contributed by atoms with Crippen molar-refractivity contribution in [1.82, 2.24) is 10.2 Å². The number of nitrogens with one attached hydrogen (secondary N) is 1. The van der Waals surface area contributed by atoms with Gasteiger partial charge in [-0.15, -0.1) is 0 Å². The van der Waals surface area contributed by atoms with Crippen LogP contribution in [0.1, 0.15) is 44.1 Å². The summed E-state index contributed by atoms with van der Waals surface area (Å²) in [7, 11) is 1.64. The average molecular weight is 332 g/mol. The van der Waals surface area contributed by atoms with Gasteiger partial charge in [0.15, 0.2) is 0 Å². The second kappa shape index (κ2) is 9.96. The number of hydrogen-bond donors (Lipinski definition) is 1. The molecule has 0 radical (unpaired) electrons. The maximum atomic E-state index is 11.9. The van der Waals surface area contributed by atoms with Gasteiger partial charge in [0.25, 0.3) is 0 Å². The molecule has 1 aliphatic rings. The first kappa shape index (κ1) is 18.3. The SMILES string of the molecule is COc1cccc(CCC(=O)NCCCN2CCCCCC2=O)c1. The summed E-state index contributed by atoms with van der Waals surface area (Å²) in [6.45, 7) is 2.23. The molecule has 0 bridgehead atoms. The molecule has 1 saturated heterocycles. The molecule has 1 heterocycles. The fourth-order valence-corrected chi connectivity index (χ4v) is 2.95. The van der Waals surface area contributed by atoms with Crippen LogP contribution in [0.25, 0.3) is 0 Å². The van der Waals surface area contributed by atoms with E-state index in [-0.39, 0.29) is 11.8 Å². The van der Waals surface area contributed by atoms with E-state index in [9.17, 15) is 9.59 Å². The maximum absolute atomic E-state index is 11.9. The lowest BCUT2D eigenvalue weighted by molar-refractivity contribution is -0.130. The van der Waals surface area contributed by atoms with Crippen molar-refractivity contribution in [3.05, 3.63) is 29.8 Å². The number of methoxy groups -OCH3 is 1. The molecule has 1 N–H and O–H groups in total. The number of hydrogen-bond acceptors (Lipinski definition) is 3. The molecule has 2 amide bonds. The molecular weight excluding hydrogens is 304 g/mol. The lowest BCUT2D eigenvalue weighted by Crippen LogP contribution is -2.34. The Balaban J connectivity index is 1.61. The number of carbonyl (C=O) groups excluding carboxylic acids is 2. The number of likely N-dealkylation sites (tertiary alicyclic amines) is 1. The molecule has 1 aromatic carbocycles. The molecule has 2 rings (SSSR count). The predicted octanol–water partition coefficient (Wildman–Crippen LogP) is 2.54. The quantitative estimate of drug-likeness (QED) is 0.744. The highest BCUT2D eigenvalue weighted by atomic mass is 16.5. The molecule has 5 heteroatoms. The van der Waals surface area contributed by atoms with Gasteiger partial charge in [0, 0.05) is 32.5 Å². The van der Waals surface area contributed by atoms with Crippen molar-refractivity contribution in [2.75, 3.05) is 26.7 Å². The fourth-order valence-electron chi connectivity index (χ4n) is 2.95. The minimum atomic E-state index is 0.0556. The van der Waals surface area contributed by atoms with Crippen molar-refractivity contribution in [3.63, 3.8) is 0 Å². The lowest BCUT2D eigenvalue weighted by atomic mass is 10.1. The topological polar surface area (TPSA) is 58.6 Å².